The topological polar surface area (TPSA) is 54.0 Å². The normalized spacial score (nSPS) is 40.4. The van der Waals surface area contributed by atoms with Crippen LogP contribution in [0.4, 0.5) is 0 Å². The van der Waals surface area contributed by atoms with Crippen molar-refractivity contribution in [1.29, 1.82) is 0 Å². The number of fused-ring (bicyclic) bond motifs is 1. The molecule has 2 heterocycles. The Bertz CT molecular complexity index is 422. The van der Waals surface area contributed by atoms with Crippen molar-refractivity contribution in [2.45, 2.75) is 70.4 Å². The molecule has 2 aliphatic heterocycles. The fourth-order valence-electron chi connectivity index (χ4n) is 3.00. The number of ether oxygens (including phenoxy) is 4. The van der Waals surface area contributed by atoms with Crippen LogP contribution in [0.3, 0.4) is 0 Å². The predicted molar refractivity (Wildman–Crippen MR) is 71.1 cm³/mol. The first-order valence-electron chi connectivity index (χ1n) is 7.32. The third-order valence-corrected chi connectivity index (χ3v) is 3.96. The van der Waals surface area contributed by atoms with Crippen LogP contribution in [0.15, 0.2) is 11.6 Å². The van der Waals surface area contributed by atoms with Gasteiger partial charge in [-0.15, -0.1) is 0 Å². The van der Waals surface area contributed by atoms with Gasteiger partial charge in [0, 0.05) is 6.61 Å². The summed E-state index contributed by atoms with van der Waals surface area (Å²) in [6, 6.07) is 0. The second kappa shape index (κ2) is 5.22. The Kier molecular flexibility index (Phi) is 3.71. The molecule has 2 fully saturated rings. The summed E-state index contributed by atoms with van der Waals surface area (Å²) in [5, 5.41) is 0. The second-order valence-electron chi connectivity index (χ2n) is 6.13. The summed E-state index contributed by atoms with van der Waals surface area (Å²) in [5.41, 5.74) is 0.674. The Labute approximate surface area is 119 Å². The summed E-state index contributed by atoms with van der Waals surface area (Å²) < 4.78 is 23.2. The van der Waals surface area contributed by atoms with E-state index in [0.29, 0.717) is 12.2 Å². The number of carbonyl (C=O) groups is 1. The molecule has 0 bridgehead atoms. The van der Waals surface area contributed by atoms with Crippen LogP contribution in [-0.2, 0) is 23.7 Å². The van der Waals surface area contributed by atoms with Gasteiger partial charge in [-0.2, -0.15) is 0 Å². The van der Waals surface area contributed by atoms with Gasteiger partial charge in [-0.3, -0.25) is 4.79 Å². The van der Waals surface area contributed by atoms with Gasteiger partial charge in [-0.25, -0.2) is 0 Å². The first-order chi connectivity index (χ1) is 9.46. The Balaban J connectivity index is 1.77. The van der Waals surface area contributed by atoms with E-state index in [-0.39, 0.29) is 24.3 Å². The first-order valence-corrected chi connectivity index (χ1v) is 7.32. The van der Waals surface area contributed by atoms with E-state index in [9.17, 15) is 4.79 Å². The maximum atomic E-state index is 12.4. The van der Waals surface area contributed by atoms with Gasteiger partial charge >= 0.3 is 0 Å². The van der Waals surface area contributed by atoms with Gasteiger partial charge in [0.15, 0.2) is 24.0 Å². The zero-order valence-electron chi connectivity index (χ0n) is 12.3. The van der Waals surface area contributed by atoms with Gasteiger partial charge < -0.3 is 18.9 Å². The van der Waals surface area contributed by atoms with E-state index in [0.717, 1.165) is 19.3 Å². The minimum Gasteiger partial charge on any atom is -0.353 e. The number of rotatable bonds is 2. The maximum Gasteiger partial charge on any atom is 0.189 e. The summed E-state index contributed by atoms with van der Waals surface area (Å²) >= 11 is 0. The Morgan fingerprint density at radius 3 is 2.80 bits per heavy atom. The molecule has 0 amide bonds. The zero-order chi connectivity index (χ0) is 14.3. The molecule has 3 aliphatic rings. The van der Waals surface area contributed by atoms with E-state index in [2.05, 4.69) is 0 Å². The molecule has 0 radical (unpaired) electrons. The average molecular weight is 282 g/mol. The molecule has 0 aromatic carbocycles. The lowest BCUT2D eigenvalue weighted by Crippen LogP contribution is -2.48. The Hall–Kier alpha value is -0.750. The third-order valence-electron chi connectivity index (χ3n) is 3.96. The number of Topliss-reactive ketones (excluding diaryl/α,β-unsaturated/α-hetero) is 1. The number of carbonyl (C=O) groups excluding carboxylic acids is 1. The van der Waals surface area contributed by atoms with Gasteiger partial charge in [0.25, 0.3) is 0 Å². The van der Waals surface area contributed by atoms with E-state index in [1.54, 1.807) is 6.92 Å². The molecule has 0 spiro atoms. The molecule has 2 saturated heterocycles. The van der Waals surface area contributed by atoms with Gasteiger partial charge in [0.2, 0.25) is 0 Å². The van der Waals surface area contributed by atoms with Crippen LogP contribution in [0.1, 0.15) is 40.0 Å². The lowest BCUT2D eigenvalue weighted by molar-refractivity contribution is -0.216. The maximum absolute atomic E-state index is 12.4. The summed E-state index contributed by atoms with van der Waals surface area (Å²) in [4.78, 5) is 12.4. The molecule has 5 nitrogen and oxygen atoms in total. The molecule has 5 heteroatoms. The molecular weight excluding hydrogens is 260 g/mol. The highest BCUT2D eigenvalue weighted by atomic mass is 16.8. The smallest absolute Gasteiger partial charge is 0.189 e. The largest absolute Gasteiger partial charge is 0.353 e. The van der Waals surface area contributed by atoms with Crippen molar-refractivity contribution in [2.24, 2.45) is 0 Å². The quantitative estimate of drug-likeness (QED) is 0.775. The molecule has 1 aliphatic carbocycles. The van der Waals surface area contributed by atoms with Crippen LogP contribution in [0.5, 0.6) is 0 Å². The Morgan fingerprint density at radius 1 is 1.30 bits per heavy atom. The molecule has 0 aromatic heterocycles. The van der Waals surface area contributed by atoms with Gasteiger partial charge in [0.05, 0.1) is 0 Å². The van der Waals surface area contributed by atoms with Crippen molar-refractivity contribution >= 4 is 5.78 Å². The van der Waals surface area contributed by atoms with Crippen molar-refractivity contribution in [3.05, 3.63) is 11.6 Å². The minimum absolute atomic E-state index is 0.0262. The molecule has 3 rings (SSSR count). The number of hydrogen-bond donors (Lipinski definition) is 0. The lowest BCUT2D eigenvalue weighted by Gasteiger charge is -2.33. The molecule has 0 saturated carbocycles. The van der Waals surface area contributed by atoms with Gasteiger partial charge in [0.1, 0.15) is 12.2 Å². The summed E-state index contributed by atoms with van der Waals surface area (Å²) in [6.07, 6.45) is 3.24. The van der Waals surface area contributed by atoms with Crippen LogP contribution in [0, 0.1) is 0 Å². The van der Waals surface area contributed by atoms with Gasteiger partial charge in [-0.1, -0.05) is 0 Å². The molecular formula is C15H22O5. The first kappa shape index (κ1) is 14.2. The molecule has 20 heavy (non-hydrogen) atoms. The van der Waals surface area contributed by atoms with Crippen molar-refractivity contribution in [2.75, 3.05) is 6.61 Å². The van der Waals surface area contributed by atoms with Gasteiger partial charge in [-0.05, 0) is 51.7 Å². The van der Waals surface area contributed by atoms with Crippen molar-refractivity contribution in [3.63, 3.8) is 0 Å². The molecule has 1 unspecified atom stereocenters. The van der Waals surface area contributed by atoms with Crippen molar-refractivity contribution in [3.8, 4) is 0 Å². The van der Waals surface area contributed by atoms with E-state index in [1.807, 2.05) is 19.9 Å². The average Bonchev–Trinajstić information content (AvgIpc) is 2.70. The molecule has 0 aromatic rings. The number of hydrogen-bond acceptors (Lipinski definition) is 5. The lowest BCUT2D eigenvalue weighted by atomic mass is 9.91. The van der Waals surface area contributed by atoms with E-state index >= 15 is 0 Å². The van der Waals surface area contributed by atoms with Crippen LogP contribution in [0.2, 0.25) is 0 Å². The highest BCUT2D eigenvalue weighted by molar-refractivity contribution is 6.00. The molecule has 0 N–H and O–H groups in total. The summed E-state index contributed by atoms with van der Waals surface area (Å²) in [6.45, 7) is 6.20. The monoisotopic (exact) mass is 282 g/mol. The fourth-order valence-corrected chi connectivity index (χ4v) is 3.00. The van der Waals surface area contributed by atoms with Crippen molar-refractivity contribution < 1.29 is 23.7 Å². The highest BCUT2D eigenvalue weighted by Gasteiger charge is 2.50. The SMILES string of the molecule is CC1=C[C@H]2OC(C)(C)O[C@H]2[C@H](OC2CCCCO2)C1=O. The standard InChI is InChI=1S/C15H22O5/c1-9-8-10-13(20-15(2,3)19-10)14(12(9)16)18-11-6-4-5-7-17-11/h8,10-11,13-14H,4-7H2,1-3H3/t10-,11?,13-,14-/m1/s1. The van der Waals surface area contributed by atoms with E-state index < -0.39 is 11.9 Å². The van der Waals surface area contributed by atoms with E-state index in [1.165, 1.54) is 0 Å². The predicted octanol–water partition coefficient (Wildman–Crippen LogP) is 1.95. The zero-order valence-corrected chi connectivity index (χ0v) is 12.3. The highest BCUT2D eigenvalue weighted by Crippen LogP contribution is 2.36. The number of ketones is 1. The summed E-state index contributed by atoms with van der Waals surface area (Å²) in [5.74, 6) is -0.715. The van der Waals surface area contributed by atoms with Crippen LogP contribution in [-0.4, -0.2) is 42.8 Å². The fraction of sp³-hybridized carbons (Fsp3) is 0.800. The van der Waals surface area contributed by atoms with Crippen molar-refractivity contribution in [1.82, 2.24) is 0 Å². The van der Waals surface area contributed by atoms with Crippen LogP contribution >= 0.6 is 0 Å². The molecule has 4 atom stereocenters. The second-order valence-corrected chi connectivity index (χ2v) is 6.13. The van der Waals surface area contributed by atoms with Crippen LogP contribution < -0.4 is 0 Å². The van der Waals surface area contributed by atoms with Crippen LogP contribution in [0.25, 0.3) is 0 Å². The third kappa shape index (κ3) is 2.68. The Morgan fingerprint density at radius 2 is 2.10 bits per heavy atom. The van der Waals surface area contributed by atoms with E-state index in [4.69, 9.17) is 18.9 Å². The molecule has 112 valence electrons. The minimum atomic E-state index is -0.689. The summed E-state index contributed by atoms with van der Waals surface area (Å²) in [7, 11) is 0.